The first-order valence-electron chi connectivity index (χ1n) is 3.92. The van der Waals surface area contributed by atoms with Crippen LogP contribution in [0, 0.1) is 0 Å². The highest BCUT2D eigenvalue weighted by atomic mass is 16.1. The van der Waals surface area contributed by atoms with Crippen molar-refractivity contribution in [3.05, 3.63) is 35.9 Å². The molecule has 0 atom stereocenters. The van der Waals surface area contributed by atoms with Crippen LogP contribution in [-0.2, 0) is 0 Å². The summed E-state index contributed by atoms with van der Waals surface area (Å²) in [6.07, 6.45) is 0.833. The summed E-state index contributed by atoms with van der Waals surface area (Å²) in [5, 5.41) is 0. The summed E-state index contributed by atoms with van der Waals surface area (Å²) < 4.78 is 0. The third-order valence-corrected chi connectivity index (χ3v) is 0.936. The lowest BCUT2D eigenvalue weighted by atomic mass is 10.2. The van der Waals surface area contributed by atoms with E-state index >= 15 is 0 Å². The molecule has 0 aliphatic heterocycles. The van der Waals surface area contributed by atoms with Gasteiger partial charge in [-0.1, -0.05) is 44.2 Å². The molecule has 0 heterocycles. The highest BCUT2D eigenvalue weighted by Crippen LogP contribution is 1.91. The van der Waals surface area contributed by atoms with Gasteiger partial charge in [0.2, 0.25) is 0 Å². The van der Waals surface area contributed by atoms with E-state index in [4.69, 9.17) is 5.73 Å². The van der Waals surface area contributed by atoms with Gasteiger partial charge >= 0.3 is 0 Å². The zero-order valence-corrected chi connectivity index (χ0v) is 7.53. The average Bonchev–Trinajstić information content (AvgIpc) is 2.05. The van der Waals surface area contributed by atoms with Crippen LogP contribution in [0.1, 0.15) is 24.2 Å². The maximum Gasteiger partial charge on any atom is 0.150 e. The molecule has 0 spiro atoms. The van der Waals surface area contributed by atoms with Gasteiger partial charge in [-0.25, -0.2) is 0 Å². The van der Waals surface area contributed by atoms with Gasteiger partial charge in [-0.05, 0) is 6.04 Å². The summed E-state index contributed by atoms with van der Waals surface area (Å²) >= 11 is 0. The van der Waals surface area contributed by atoms with E-state index in [0.29, 0.717) is 6.04 Å². The van der Waals surface area contributed by atoms with E-state index in [2.05, 4.69) is 0 Å². The second-order valence-corrected chi connectivity index (χ2v) is 2.77. The predicted octanol–water partition coefficient (Wildman–Crippen LogP) is 1.85. The van der Waals surface area contributed by atoms with E-state index in [1.165, 1.54) is 0 Å². The number of carbonyl (C=O) groups excluding carboxylic acids is 1. The molecule has 2 heteroatoms. The van der Waals surface area contributed by atoms with Crippen molar-refractivity contribution in [2.45, 2.75) is 19.9 Å². The van der Waals surface area contributed by atoms with E-state index in [-0.39, 0.29) is 0 Å². The van der Waals surface area contributed by atoms with Gasteiger partial charge in [0.15, 0.2) is 0 Å². The zero-order chi connectivity index (χ0) is 9.40. The minimum atomic E-state index is 0.333. The minimum Gasteiger partial charge on any atom is -0.328 e. The Morgan fingerprint density at radius 1 is 1.25 bits per heavy atom. The Hall–Kier alpha value is -1.15. The lowest BCUT2D eigenvalue weighted by Gasteiger charge is -1.81. The molecule has 0 amide bonds. The third kappa shape index (κ3) is 6.96. The molecule has 1 aromatic rings. The van der Waals surface area contributed by atoms with E-state index in [1.54, 1.807) is 12.1 Å². The van der Waals surface area contributed by atoms with Crippen LogP contribution in [0.4, 0.5) is 0 Å². The lowest BCUT2D eigenvalue weighted by Crippen LogP contribution is -2.06. The molecule has 0 aliphatic carbocycles. The van der Waals surface area contributed by atoms with Gasteiger partial charge in [-0.3, -0.25) is 4.79 Å². The van der Waals surface area contributed by atoms with Crippen molar-refractivity contribution < 1.29 is 4.79 Å². The van der Waals surface area contributed by atoms with E-state index in [1.807, 2.05) is 32.0 Å². The highest BCUT2D eigenvalue weighted by Gasteiger charge is 1.79. The fourth-order valence-corrected chi connectivity index (χ4v) is 0.532. The van der Waals surface area contributed by atoms with Crippen LogP contribution < -0.4 is 5.73 Å². The minimum absolute atomic E-state index is 0.333. The first-order chi connectivity index (χ1) is 5.66. The first-order valence-corrected chi connectivity index (χ1v) is 3.92. The molecule has 0 aliphatic rings. The number of benzene rings is 1. The fraction of sp³-hybridized carbons (Fsp3) is 0.300. The number of rotatable bonds is 1. The summed E-state index contributed by atoms with van der Waals surface area (Å²) in [6.45, 7) is 3.89. The van der Waals surface area contributed by atoms with Gasteiger partial charge in [-0.2, -0.15) is 0 Å². The van der Waals surface area contributed by atoms with Gasteiger partial charge in [0.25, 0.3) is 0 Å². The Balaban J connectivity index is 0.000000261. The molecule has 0 aromatic heterocycles. The monoisotopic (exact) mass is 165 g/mol. The van der Waals surface area contributed by atoms with Gasteiger partial charge in [-0.15, -0.1) is 0 Å². The van der Waals surface area contributed by atoms with Crippen molar-refractivity contribution in [3.63, 3.8) is 0 Å². The van der Waals surface area contributed by atoms with Gasteiger partial charge in [0.05, 0.1) is 0 Å². The Kier molecular flexibility index (Phi) is 5.93. The van der Waals surface area contributed by atoms with E-state index in [0.717, 1.165) is 11.8 Å². The molecule has 0 unspecified atom stereocenters. The summed E-state index contributed by atoms with van der Waals surface area (Å²) in [4.78, 5) is 10.0. The quantitative estimate of drug-likeness (QED) is 0.645. The molecular weight excluding hydrogens is 150 g/mol. The summed E-state index contributed by atoms with van der Waals surface area (Å²) in [7, 11) is 0. The van der Waals surface area contributed by atoms with Crippen LogP contribution in [0.5, 0.6) is 0 Å². The Morgan fingerprint density at radius 2 is 1.67 bits per heavy atom. The van der Waals surface area contributed by atoms with Crippen molar-refractivity contribution in [1.82, 2.24) is 0 Å². The first kappa shape index (κ1) is 10.8. The zero-order valence-electron chi connectivity index (χ0n) is 7.53. The number of nitrogens with two attached hydrogens (primary N) is 1. The average molecular weight is 165 g/mol. The fourth-order valence-electron chi connectivity index (χ4n) is 0.532. The van der Waals surface area contributed by atoms with Crippen LogP contribution in [0.2, 0.25) is 0 Å². The van der Waals surface area contributed by atoms with Gasteiger partial charge < -0.3 is 5.73 Å². The normalized spacial score (nSPS) is 8.67. The SMILES string of the molecule is CC(C)N.O=Cc1ccccc1. The Bertz CT molecular complexity index is 204. The number of aldehydes is 1. The number of hydrogen-bond acceptors (Lipinski definition) is 2. The molecule has 0 bridgehead atoms. The summed E-state index contributed by atoms with van der Waals surface area (Å²) in [6, 6.07) is 9.43. The molecule has 0 saturated heterocycles. The number of carbonyl (C=O) groups is 1. The largest absolute Gasteiger partial charge is 0.328 e. The van der Waals surface area contributed by atoms with Crippen LogP contribution in [0.25, 0.3) is 0 Å². The van der Waals surface area contributed by atoms with Crippen LogP contribution in [0.3, 0.4) is 0 Å². The van der Waals surface area contributed by atoms with Gasteiger partial charge in [0.1, 0.15) is 6.29 Å². The molecule has 66 valence electrons. The Morgan fingerprint density at radius 3 is 1.92 bits per heavy atom. The van der Waals surface area contributed by atoms with Crippen molar-refractivity contribution in [1.29, 1.82) is 0 Å². The van der Waals surface area contributed by atoms with Crippen LogP contribution in [-0.4, -0.2) is 12.3 Å². The smallest absolute Gasteiger partial charge is 0.150 e. The lowest BCUT2D eigenvalue weighted by molar-refractivity contribution is 0.112. The summed E-state index contributed by atoms with van der Waals surface area (Å²) in [5.74, 6) is 0. The standard InChI is InChI=1S/C7H6O.C3H9N/c8-6-7-4-2-1-3-5-7;1-3(2)4/h1-6H;3H,4H2,1-2H3. The van der Waals surface area contributed by atoms with Crippen molar-refractivity contribution in [2.75, 3.05) is 0 Å². The maximum absolute atomic E-state index is 10.0. The molecule has 1 aromatic carbocycles. The second-order valence-electron chi connectivity index (χ2n) is 2.77. The van der Waals surface area contributed by atoms with E-state index in [9.17, 15) is 4.79 Å². The molecule has 0 saturated carbocycles. The molecular formula is C10H15NO. The van der Waals surface area contributed by atoms with Crippen molar-refractivity contribution in [3.8, 4) is 0 Å². The van der Waals surface area contributed by atoms with Crippen molar-refractivity contribution in [2.24, 2.45) is 5.73 Å². The third-order valence-electron chi connectivity index (χ3n) is 0.936. The van der Waals surface area contributed by atoms with Gasteiger partial charge in [0, 0.05) is 5.56 Å². The van der Waals surface area contributed by atoms with Crippen LogP contribution >= 0.6 is 0 Å². The van der Waals surface area contributed by atoms with Crippen LogP contribution in [0.15, 0.2) is 30.3 Å². The predicted molar refractivity (Wildman–Crippen MR) is 51.2 cm³/mol. The number of hydrogen-bond donors (Lipinski definition) is 1. The molecule has 2 nitrogen and oxygen atoms in total. The highest BCUT2D eigenvalue weighted by molar-refractivity contribution is 5.74. The molecule has 2 N–H and O–H groups in total. The second kappa shape index (κ2) is 6.55. The van der Waals surface area contributed by atoms with Crippen molar-refractivity contribution >= 4 is 6.29 Å². The molecule has 0 radical (unpaired) electrons. The maximum atomic E-state index is 10.0. The molecule has 12 heavy (non-hydrogen) atoms. The molecule has 1 rings (SSSR count). The van der Waals surface area contributed by atoms with E-state index < -0.39 is 0 Å². The topological polar surface area (TPSA) is 43.1 Å². The summed E-state index contributed by atoms with van der Waals surface area (Å²) in [5.41, 5.74) is 5.84. The molecule has 0 fully saturated rings. The Labute approximate surface area is 73.4 Å².